The van der Waals surface area contributed by atoms with Gasteiger partial charge in [0.1, 0.15) is 0 Å². The Labute approximate surface area is 129 Å². The summed E-state index contributed by atoms with van der Waals surface area (Å²) in [4.78, 5) is 0. The molecule has 0 radical (unpaired) electrons. The Bertz CT molecular complexity index is 447. The molecule has 21 heavy (non-hydrogen) atoms. The lowest BCUT2D eigenvalue weighted by Gasteiger charge is -2.35. The standard InChI is InChI=1S/C18H29NO2/c1-5-20-17-11-10-15(12-18(17)21-6-2)19-16-9-7-8-13(3)14(16)4/h10-14,16,19H,5-9H2,1-4H3. The van der Waals surface area contributed by atoms with Crippen LogP contribution in [0.5, 0.6) is 11.5 Å². The van der Waals surface area contributed by atoms with Crippen molar-refractivity contribution in [2.75, 3.05) is 18.5 Å². The normalized spacial score (nSPS) is 25.4. The fraction of sp³-hybridized carbons (Fsp3) is 0.667. The quantitative estimate of drug-likeness (QED) is 0.822. The average molecular weight is 291 g/mol. The smallest absolute Gasteiger partial charge is 0.163 e. The first kappa shape index (κ1) is 16.0. The highest BCUT2D eigenvalue weighted by Gasteiger charge is 2.27. The van der Waals surface area contributed by atoms with Gasteiger partial charge in [-0.25, -0.2) is 0 Å². The summed E-state index contributed by atoms with van der Waals surface area (Å²) in [5.41, 5.74) is 1.13. The first-order valence-electron chi connectivity index (χ1n) is 8.31. The number of rotatable bonds is 6. The number of nitrogens with one attached hydrogen (secondary N) is 1. The minimum atomic E-state index is 0.557. The molecule has 2 rings (SSSR count). The third-order valence-corrected chi connectivity index (χ3v) is 4.60. The highest BCUT2D eigenvalue weighted by atomic mass is 16.5. The van der Waals surface area contributed by atoms with Crippen LogP contribution in [-0.2, 0) is 0 Å². The monoisotopic (exact) mass is 291 g/mol. The zero-order valence-corrected chi connectivity index (χ0v) is 13.8. The molecular formula is C18H29NO2. The van der Waals surface area contributed by atoms with Crippen molar-refractivity contribution >= 4 is 5.69 Å². The maximum absolute atomic E-state index is 5.70. The first-order chi connectivity index (χ1) is 10.2. The molecule has 3 nitrogen and oxygen atoms in total. The molecule has 3 atom stereocenters. The maximum atomic E-state index is 5.70. The maximum Gasteiger partial charge on any atom is 0.163 e. The van der Waals surface area contributed by atoms with Gasteiger partial charge >= 0.3 is 0 Å². The summed E-state index contributed by atoms with van der Waals surface area (Å²) in [6.07, 6.45) is 3.92. The van der Waals surface area contributed by atoms with Gasteiger partial charge in [0.2, 0.25) is 0 Å². The van der Waals surface area contributed by atoms with Crippen LogP contribution in [0.25, 0.3) is 0 Å². The summed E-state index contributed by atoms with van der Waals surface area (Å²) >= 11 is 0. The van der Waals surface area contributed by atoms with Crippen LogP contribution in [0.2, 0.25) is 0 Å². The molecule has 1 saturated carbocycles. The molecule has 0 amide bonds. The molecule has 0 aromatic heterocycles. The van der Waals surface area contributed by atoms with Crippen LogP contribution in [-0.4, -0.2) is 19.3 Å². The van der Waals surface area contributed by atoms with E-state index in [1.54, 1.807) is 0 Å². The highest BCUT2D eigenvalue weighted by molar-refractivity contribution is 5.55. The van der Waals surface area contributed by atoms with Crippen molar-refractivity contribution in [2.24, 2.45) is 11.8 Å². The topological polar surface area (TPSA) is 30.5 Å². The molecule has 1 aromatic carbocycles. The molecule has 0 heterocycles. The fourth-order valence-electron chi connectivity index (χ4n) is 3.14. The van der Waals surface area contributed by atoms with Crippen LogP contribution in [0.3, 0.4) is 0 Å². The van der Waals surface area contributed by atoms with E-state index in [4.69, 9.17) is 9.47 Å². The van der Waals surface area contributed by atoms with E-state index in [9.17, 15) is 0 Å². The van der Waals surface area contributed by atoms with E-state index in [-0.39, 0.29) is 0 Å². The minimum absolute atomic E-state index is 0.557. The molecule has 1 N–H and O–H groups in total. The SMILES string of the molecule is CCOc1ccc(NC2CCCC(C)C2C)cc1OCC. The molecular weight excluding hydrogens is 262 g/mol. The van der Waals surface area contributed by atoms with Crippen LogP contribution >= 0.6 is 0 Å². The number of hydrogen-bond donors (Lipinski definition) is 1. The molecule has 0 spiro atoms. The van der Waals surface area contributed by atoms with Gasteiger partial charge in [-0.1, -0.05) is 26.7 Å². The van der Waals surface area contributed by atoms with Crippen LogP contribution in [0.4, 0.5) is 5.69 Å². The van der Waals surface area contributed by atoms with Gasteiger partial charge in [0.25, 0.3) is 0 Å². The Morgan fingerprint density at radius 1 is 1.05 bits per heavy atom. The van der Waals surface area contributed by atoms with Gasteiger partial charge in [-0.05, 0) is 44.2 Å². The van der Waals surface area contributed by atoms with Crippen LogP contribution in [0.1, 0.15) is 47.0 Å². The number of ether oxygens (including phenoxy) is 2. The lowest BCUT2D eigenvalue weighted by molar-refractivity contribution is 0.253. The molecule has 118 valence electrons. The summed E-state index contributed by atoms with van der Waals surface area (Å²) in [6.45, 7) is 10.0. The molecule has 0 aliphatic heterocycles. The van der Waals surface area contributed by atoms with E-state index < -0.39 is 0 Å². The lowest BCUT2D eigenvalue weighted by Crippen LogP contribution is -2.34. The Hall–Kier alpha value is -1.38. The van der Waals surface area contributed by atoms with Crippen LogP contribution in [0.15, 0.2) is 18.2 Å². The Balaban J connectivity index is 2.10. The van der Waals surface area contributed by atoms with Gasteiger partial charge in [-0.15, -0.1) is 0 Å². The first-order valence-corrected chi connectivity index (χ1v) is 8.31. The Kier molecular flexibility index (Phi) is 5.77. The van der Waals surface area contributed by atoms with E-state index in [2.05, 4.69) is 31.3 Å². The number of benzene rings is 1. The van der Waals surface area contributed by atoms with Gasteiger partial charge in [0.15, 0.2) is 11.5 Å². The summed E-state index contributed by atoms with van der Waals surface area (Å²) in [6, 6.07) is 6.73. The third-order valence-electron chi connectivity index (χ3n) is 4.60. The second-order valence-electron chi connectivity index (χ2n) is 6.05. The summed E-state index contributed by atoms with van der Waals surface area (Å²) in [5, 5.41) is 3.69. The van der Waals surface area contributed by atoms with Crippen molar-refractivity contribution in [3.05, 3.63) is 18.2 Å². The summed E-state index contributed by atoms with van der Waals surface area (Å²) < 4.78 is 11.3. The van der Waals surface area contributed by atoms with E-state index in [1.165, 1.54) is 19.3 Å². The van der Waals surface area contributed by atoms with Gasteiger partial charge in [0, 0.05) is 17.8 Å². The zero-order valence-electron chi connectivity index (χ0n) is 13.8. The largest absolute Gasteiger partial charge is 0.490 e. The van der Waals surface area contributed by atoms with Gasteiger partial charge in [-0.2, -0.15) is 0 Å². The summed E-state index contributed by atoms with van der Waals surface area (Å²) in [5.74, 6) is 3.17. The van der Waals surface area contributed by atoms with Crippen molar-refractivity contribution in [3.8, 4) is 11.5 Å². The van der Waals surface area contributed by atoms with E-state index in [1.807, 2.05) is 19.9 Å². The van der Waals surface area contributed by atoms with Gasteiger partial charge in [0.05, 0.1) is 13.2 Å². The molecule has 3 unspecified atom stereocenters. The van der Waals surface area contributed by atoms with Crippen molar-refractivity contribution in [3.63, 3.8) is 0 Å². The van der Waals surface area contributed by atoms with Gasteiger partial charge in [-0.3, -0.25) is 0 Å². The molecule has 0 bridgehead atoms. The average Bonchev–Trinajstić information content (AvgIpc) is 2.47. The predicted octanol–water partition coefficient (Wildman–Crippen LogP) is 4.72. The summed E-state index contributed by atoms with van der Waals surface area (Å²) in [7, 11) is 0. The number of hydrogen-bond acceptors (Lipinski definition) is 3. The fourth-order valence-corrected chi connectivity index (χ4v) is 3.14. The number of anilines is 1. The molecule has 1 aromatic rings. The molecule has 1 fully saturated rings. The molecule has 0 saturated heterocycles. The van der Waals surface area contributed by atoms with Crippen molar-refractivity contribution in [1.82, 2.24) is 0 Å². The zero-order chi connectivity index (χ0) is 15.2. The second kappa shape index (κ2) is 7.58. The Morgan fingerprint density at radius 3 is 2.48 bits per heavy atom. The second-order valence-corrected chi connectivity index (χ2v) is 6.05. The van der Waals surface area contributed by atoms with Crippen molar-refractivity contribution in [2.45, 2.75) is 53.0 Å². The molecule has 3 heteroatoms. The highest BCUT2D eigenvalue weighted by Crippen LogP contribution is 2.34. The minimum Gasteiger partial charge on any atom is -0.490 e. The van der Waals surface area contributed by atoms with E-state index in [0.717, 1.165) is 23.1 Å². The predicted molar refractivity (Wildman–Crippen MR) is 88.4 cm³/mol. The van der Waals surface area contributed by atoms with Crippen LogP contribution in [0, 0.1) is 11.8 Å². The molecule has 1 aliphatic carbocycles. The Morgan fingerprint density at radius 2 is 1.76 bits per heavy atom. The van der Waals surface area contributed by atoms with E-state index >= 15 is 0 Å². The van der Waals surface area contributed by atoms with Crippen LogP contribution < -0.4 is 14.8 Å². The van der Waals surface area contributed by atoms with Gasteiger partial charge < -0.3 is 14.8 Å². The van der Waals surface area contributed by atoms with Crippen molar-refractivity contribution < 1.29 is 9.47 Å². The van der Waals surface area contributed by atoms with E-state index in [0.29, 0.717) is 25.2 Å². The third kappa shape index (κ3) is 4.05. The lowest BCUT2D eigenvalue weighted by atomic mass is 9.78. The molecule has 1 aliphatic rings. The van der Waals surface area contributed by atoms with Crippen molar-refractivity contribution in [1.29, 1.82) is 0 Å².